The van der Waals surface area contributed by atoms with Crippen molar-refractivity contribution in [1.82, 2.24) is 0 Å². The van der Waals surface area contributed by atoms with Crippen LogP contribution in [0.2, 0.25) is 0 Å². The summed E-state index contributed by atoms with van der Waals surface area (Å²) in [5.74, 6) is 0.345. The molecule has 0 aliphatic heterocycles. The number of alkyl halides is 1. The second kappa shape index (κ2) is 3.81. The Balaban J connectivity index is 2.69. The van der Waals surface area contributed by atoms with Gasteiger partial charge >= 0.3 is 0 Å². The zero-order valence-corrected chi connectivity index (χ0v) is 7.71. The number of hydrogen-bond acceptors (Lipinski definition) is 1. The Morgan fingerprint density at radius 1 is 1.20 bits per heavy atom. The molecule has 0 saturated heterocycles. The van der Waals surface area contributed by atoms with Crippen molar-refractivity contribution in [2.75, 3.05) is 4.43 Å². The number of aromatic hydroxyl groups is 1. The van der Waals surface area contributed by atoms with E-state index < -0.39 is 0 Å². The molecule has 0 amide bonds. The van der Waals surface area contributed by atoms with Gasteiger partial charge in [0.2, 0.25) is 0 Å². The highest BCUT2D eigenvalue weighted by molar-refractivity contribution is 14.1. The predicted octanol–water partition coefficient (Wildman–Crippen LogP) is 2.37. The van der Waals surface area contributed by atoms with Crippen molar-refractivity contribution < 1.29 is 5.11 Å². The quantitative estimate of drug-likeness (QED) is 0.629. The van der Waals surface area contributed by atoms with Gasteiger partial charge in [-0.25, -0.2) is 0 Å². The average Bonchev–Trinajstić information content (AvgIpc) is 1.95. The molecule has 0 fully saturated rings. The molecule has 10 heavy (non-hydrogen) atoms. The Morgan fingerprint density at radius 2 is 1.80 bits per heavy atom. The van der Waals surface area contributed by atoms with Crippen molar-refractivity contribution in [3.8, 4) is 5.75 Å². The van der Waals surface area contributed by atoms with Crippen LogP contribution in [0, 0.1) is 0 Å². The van der Waals surface area contributed by atoms with Crippen molar-refractivity contribution in [3.63, 3.8) is 0 Å². The molecule has 0 heterocycles. The molecule has 0 unspecified atom stereocenters. The highest BCUT2D eigenvalue weighted by Gasteiger charge is 1.89. The molecule has 1 nitrogen and oxygen atoms in total. The number of phenolic OH excluding ortho intramolecular Hbond substituents is 1. The van der Waals surface area contributed by atoms with Crippen molar-refractivity contribution >= 4 is 22.6 Å². The lowest BCUT2D eigenvalue weighted by molar-refractivity contribution is 0.475. The molecule has 1 rings (SSSR count). The van der Waals surface area contributed by atoms with E-state index in [-0.39, 0.29) is 0 Å². The summed E-state index contributed by atoms with van der Waals surface area (Å²) in [4.78, 5) is 0. The second-order valence-electron chi connectivity index (χ2n) is 2.11. The van der Waals surface area contributed by atoms with Crippen LogP contribution in [0.4, 0.5) is 0 Å². The van der Waals surface area contributed by atoms with Crippen LogP contribution in [0.15, 0.2) is 24.3 Å². The number of benzene rings is 1. The first-order valence-electron chi connectivity index (χ1n) is 3.17. The summed E-state index contributed by atoms with van der Waals surface area (Å²) in [6, 6.07) is 7.35. The smallest absolute Gasteiger partial charge is 0.115 e. The highest BCUT2D eigenvalue weighted by atomic mass is 127. The molecule has 54 valence electrons. The molecule has 1 N–H and O–H groups in total. The third kappa shape index (κ3) is 2.17. The van der Waals surface area contributed by atoms with Crippen LogP contribution in [0.5, 0.6) is 5.75 Å². The van der Waals surface area contributed by atoms with E-state index in [0.717, 1.165) is 10.8 Å². The SMILES string of the molecule is Oc1ccc(CCI)cc1. The van der Waals surface area contributed by atoms with Crippen molar-refractivity contribution in [3.05, 3.63) is 29.8 Å². The van der Waals surface area contributed by atoms with Gasteiger partial charge < -0.3 is 5.11 Å². The topological polar surface area (TPSA) is 20.2 Å². The summed E-state index contributed by atoms with van der Waals surface area (Å²) in [5.41, 5.74) is 1.28. The van der Waals surface area contributed by atoms with Crippen LogP contribution in [0.1, 0.15) is 5.56 Å². The molecule has 0 aliphatic rings. The molecule has 0 atom stereocenters. The van der Waals surface area contributed by atoms with Crippen LogP contribution < -0.4 is 0 Å². The van der Waals surface area contributed by atoms with E-state index in [1.807, 2.05) is 12.1 Å². The second-order valence-corrected chi connectivity index (χ2v) is 3.18. The van der Waals surface area contributed by atoms with Crippen molar-refractivity contribution in [2.24, 2.45) is 0 Å². The number of halogens is 1. The van der Waals surface area contributed by atoms with Crippen LogP contribution in [0.25, 0.3) is 0 Å². The first-order valence-corrected chi connectivity index (χ1v) is 4.69. The van der Waals surface area contributed by atoms with E-state index in [0.29, 0.717) is 5.75 Å². The van der Waals surface area contributed by atoms with Crippen LogP contribution in [0.3, 0.4) is 0 Å². The minimum atomic E-state index is 0.345. The Kier molecular flexibility index (Phi) is 2.99. The molecule has 1 aromatic carbocycles. The molecule has 0 bridgehead atoms. The van der Waals surface area contributed by atoms with Gasteiger partial charge in [-0.2, -0.15) is 0 Å². The molecule has 0 aromatic heterocycles. The van der Waals surface area contributed by atoms with E-state index in [1.165, 1.54) is 5.56 Å². The molecular formula is C8H9IO. The first-order chi connectivity index (χ1) is 4.83. The largest absolute Gasteiger partial charge is 0.508 e. The van der Waals surface area contributed by atoms with Crippen LogP contribution in [-0.2, 0) is 6.42 Å². The fourth-order valence-corrected chi connectivity index (χ4v) is 1.39. The van der Waals surface area contributed by atoms with Crippen LogP contribution >= 0.6 is 22.6 Å². The molecule has 1 aromatic rings. The first kappa shape index (κ1) is 7.85. The van der Waals surface area contributed by atoms with Crippen molar-refractivity contribution in [2.45, 2.75) is 6.42 Å². The van der Waals surface area contributed by atoms with Gasteiger partial charge in [0.25, 0.3) is 0 Å². The molecular weight excluding hydrogens is 239 g/mol. The zero-order valence-electron chi connectivity index (χ0n) is 5.55. The van der Waals surface area contributed by atoms with E-state index in [2.05, 4.69) is 22.6 Å². The molecule has 0 saturated carbocycles. The molecule has 2 heteroatoms. The van der Waals surface area contributed by atoms with Gasteiger partial charge in [-0.3, -0.25) is 0 Å². The van der Waals surface area contributed by atoms with Gasteiger partial charge in [-0.15, -0.1) is 0 Å². The fourth-order valence-electron chi connectivity index (χ4n) is 0.772. The summed E-state index contributed by atoms with van der Waals surface area (Å²) in [7, 11) is 0. The Morgan fingerprint density at radius 3 is 2.30 bits per heavy atom. The van der Waals surface area contributed by atoms with Gasteiger partial charge in [-0.05, 0) is 24.1 Å². The zero-order chi connectivity index (χ0) is 7.40. The third-order valence-electron chi connectivity index (χ3n) is 1.32. The Labute approximate surface area is 74.2 Å². The third-order valence-corrected chi connectivity index (χ3v) is 1.86. The number of rotatable bonds is 2. The highest BCUT2D eigenvalue weighted by Crippen LogP contribution is 2.10. The maximum absolute atomic E-state index is 8.92. The molecule has 0 aliphatic carbocycles. The minimum Gasteiger partial charge on any atom is -0.508 e. The minimum absolute atomic E-state index is 0.345. The van der Waals surface area contributed by atoms with Gasteiger partial charge in [0.1, 0.15) is 5.75 Å². The fraction of sp³-hybridized carbons (Fsp3) is 0.250. The summed E-state index contributed by atoms with van der Waals surface area (Å²) in [5, 5.41) is 8.92. The van der Waals surface area contributed by atoms with Gasteiger partial charge in [0, 0.05) is 4.43 Å². The monoisotopic (exact) mass is 248 g/mol. The number of phenols is 1. The van der Waals surface area contributed by atoms with Gasteiger partial charge in [-0.1, -0.05) is 34.7 Å². The van der Waals surface area contributed by atoms with E-state index in [4.69, 9.17) is 5.11 Å². The summed E-state index contributed by atoms with van der Waals surface area (Å²) >= 11 is 2.34. The van der Waals surface area contributed by atoms with Gasteiger partial charge in [0.05, 0.1) is 0 Å². The lowest BCUT2D eigenvalue weighted by Gasteiger charge is -1.95. The van der Waals surface area contributed by atoms with E-state index in [9.17, 15) is 0 Å². The maximum Gasteiger partial charge on any atom is 0.115 e. The lowest BCUT2D eigenvalue weighted by atomic mass is 10.2. The maximum atomic E-state index is 8.92. The van der Waals surface area contributed by atoms with Gasteiger partial charge in [0.15, 0.2) is 0 Å². The number of hydrogen-bond donors (Lipinski definition) is 1. The number of aryl methyl sites for hydroxylation is 1. The van der Waals surface area contributed by atoms with Crippen molar-refractivity contribution in [1.29, 1.82) is 0 Å². The van der Waals surface area contributed by atoms with Crippen LogP contribution in [-0.4, -0.2) is 9.53 Å². The van der Waals surface area contributed by atoms with E-state index >= 15 is 0 Å². The summed E-state index contributed by atoms with van der Waals surface area (Å²) in [6.45, 7) is 0. The Bertz CT molecular complexity index is 193. The predicted molar refractivity (Wildman–Crippen MR) is 50.7 cm³/mol. The van der Waals surface area contributed by atoms with E-state index in [1.54, 1.807) is 12.1 Å². The molecule has 0 radical (unpaired) electrons. The normalized spacial score (nSPS) is 9.70. The average molecular weight is 248 g/mol. The summed E-state index contributed by atoms with van der Waals surface area (Å²) < 4.78 is 1.13. The Hall–Kier alpha value is -0.250. The summed E-state index contributed by atoms with van der Waals surface area (Å²) in [6.07, 6.45) is 1.08. The standard InChI is InChI=1S/C8H9IO/c9-6-5-7-1-3-8(10)4-2-7/h1-4,10H,5-6H2. The molecule has 0 spiro atoms. The lowest BCUT2D eigenvalue weighted by Crippen LogP contribution is -1.82.